The fraction of sp³-hybridized carbons (Fsp3) is 0.646. The lowest BCUT2D eigenvalue weighted by Gasteiger charge is -2.37. The Bertz CT molecular complexity index is 5460. The van der Waals surface area contributed by atoms with Crippen LogP contribution in [0.25, 0.3) is 22.1 Å². The number of hydrogen-bond acceptors (Lipinski definition) is 13. The molecule has 0 radical (unpaired) electrons. The highest BCUT2D eigenvalue weighted by atomic mass is 35.5. The molecule has 6 aliphatic rings. The van der Waals surface area contributed by atoms with Gasteiger partial charge in [-0.25, -0.2) is 14.4 Å². The molecule has 20 heteroatoms. The first-order valence-electron chi connectivity index (χ1n) is 58.9. The monoisotopic (exact) mass is 2080 g/mol. The molecule has 0 bridgehead atoms. The third-order valence-electron chi connectivity index (χ3n) is 30.9. The number of piperidine rings is 5. The maximum atomic E-state index is 12.5. The van der Waals surface area contributed by atoms with Gasteiger partial charge in [0, 0.05) is 177 Å². The van der Waals surface area contributed by atoms with Crippen LogP contribution in [0.3, 0.4) is 0 Å². The second kappa shape index (κ2) is 63.1. The first-order chi connectivity index (χ1) is 71.2. The van der Waals surface area contributed by atoms with Gasteiger partial charge in [0.15, 0.2) is 5.78 Å². The summed E-state index contributed by atoms with van der Waals surface area (Å²) < 4.78 is 4.00. The number of hydrogen-bond donors (Lipinski definition) is 4. The number of Topliss-reactive ketones (excluding diaryl/α,β-unsaturated/α-hetero) is 1. The van der Waals surface area contributed by atoms with E-state index >= 15 is 0 Å². The van der Waals surface area contributed by atoms with Crippen LogP contribution in [0.15, 0.2) is 161 Å². The van der Waals surface area contributed by atoms with Crippen LogP contribution in [0.2, 0.25) is 5.02 Å². The quantitative estimate of drug-likeness (QED) is 0.0278. The summed E-state index contributed by atoms with van der Waals surface area (Å²) in [6, 6.07) is 55.5. The largest absolute Gasteiger partial charge is 0.369 e. The van der Waals surface area contributed by atoms with Gasteiger partial charge >= 0.3 is 17.4 Å². The molecule has 2 amide bonds. The summed E-state index contributed by atoms with van der Waals surface area (Å²) in [5, 5.41) is 6.77. The number of ketones is 1. The number of nitrogens with one attached hydrogen (secondary N) is 4. The van der Waals surface area contributed by atoms with Gasteiger partial charge in [0.2, 0.25) is 0 Å². The predicted molar refractivity (Wildman–Crippen MR) is 645 cm³/mol. The number of carbonyl (C=O) groups excluding carboxylic acids is 2. The van der Waals surface area contributed by atoms with Crippen molar-refractivity contribution >= 4 is 56.9 Å². The van der Waals surface area contributed by atoms with Crippen molar-refractivity contribution in [2.24, 2.45) is 47.3 Å². The molecule has 2 aromatic heterocycles. The van der Waals surface area contributed by atoms with Crippen LogP contribution in [0.5, 0.6) is 0 Å². The van der Waals surface area contributed by atoms with Crippen LogP contribution >= 0.6 is 11.6 Å². The van der Waals surface area contributed by atoms with E-state index in [4.69, 9.17) is 11.6 Å². The molecule has 0 spiro atoms. The SMILES string of the molecule is CC(C)CN(C)CCc1ccc(C(C)C)cc1.CC(C)CN1CCC(CC(=O)c2cccc(C(C)C)c2)CC1.CC(C)CN1CCC(N(C)Cc2ccc(C(C)C)cc2)CC1.CC(C)CN1CCC(NC(=O)Nc2ccc(Cl)c(C(C)C)c2)CC1.CC(C)CN1CCC(n2c(=O)[nH]c3cc(C(C)C)ccc32)CC1.CC(C)CN1CCC(n2c(=O)[nH]c3ccc(C(C)C)cc32)CC1.CC(C)CN1CCN(c2ccc(C(C)C)cc2)CC1. The Morgan fingerprint density at radius 2 is 0.767 bits per heavy atom. The lowest BCUT2D eigenvalue weighted by Crippen LogP contribution is -2.47. The van der Waals surface area contributed by atoms with Gasteiger partial charge in [0.25, 0.3) is 0 Å². The maximum absolute atomic E-state index is 12.5. The summed E-state index contributed by atoms with van der Waals surface area (Å²) in [5.74, 6) is 9.68. The maximum Gasteiger partial charge on any atom is 0.326 e. The molecule has 0 aliphatic carbocycles. The normalized spacial score (nSPS) is 16.8. The predicted octanol–water partition coefficient (Wildman–Crippen LogP) is 28.8. The van der Waals surface area contributed by atoms with Gasteiger partial charge in [-0.3, -0.25) is 23.7 Å². The van der Waals surface area contributed by atoms with E-state index in [9.17, 15) is 19.2 Å². The molecule has 9 aromatic rings. The molecule has 8 heterocycles. The number of halogens is 1. The molecular weight excluding hydrogens is 1870 g/mol. The van der Waals surface area contributed by atoms with Gasteiger partial charge in [-0.2, -0.15) is 0 Å². The topological polar surface area (TPSA) is 163 Å². The number of benzene rings is 7. The third kappa shape index (κ3) is 42.5. The Balaban J connectivity index is 0.000000195. The van der Waals surface area contributed by atoms with Crippen molar-refractivity contribution in [3.63, 3.8) is 0 Å². The van der Waals surface area contributed by atoms with E-state index in [-0.39, 0.29) is 23.5 Å². The van der Waals surface area contributed by atoms with Crippen LogP contribution < -0.4 is 26.9 Å². The summed E-state index contributed by atoms with van der Waals surface area (Å²) >= 11 is 6.20. The molecule has 834 valence electrons. The van der Waals surface area contributed by atoms with Crippen LogP contribution in [0.4, 0.5) is 16.2 Å². The molecule has 6 saturated heterocycles. The van der Waals surface area contributed by atoms with E-state index in [2.05, 4.69) is 394 Å². The molecule has 7 aromatic carbocycles. The number of nitrogens with zero attached hydrogens (tertiary/aromatic N) is 11. The molecule has 0 atom stereocenters. The summed E-state index contributed by atoms with van der Waals surface area (Å²) in [6.07, 6.45) is 13.1. The van der Waals surface area contributed by atoms with Crippen molar-refractivity contribution in [3.8, 4) is 0 Å². The number of likely N-dealkylation sites (tertiary alicyclic amines) is 5. The molecular formula is C130H208ClN15O4. The van der Waals surface area contributed by atoms with Gasteiger partial charge < -0.3 is 54.9 Å². The number of urea groups is 1. The molecule has 15 rings (SSSR count). The molecule has 0 unspecified atom stereocenters. The van der Waals surface area contributed by atoms with Gasteiger partial charge in [0.1, 0.15) is 0 Å². The summed E-state index contributed by atoms with van der Waals surface area (Å²) in [6.45, 7) is 89.3. The first kappa shape index (κ1) is 125. The lowest BCUT2D eigenvalue weighted by atomic mass is 9.88. The number of fused-ring (bicyclic) bond motifs is 2. The number of aromatic nitrogens is 4. The van der Waals surface area contributed by atoms with Crippen LogP contribution in [-0.4, -0.2) is 240 Å². The van der Waals surface area contributed by atoms with Crippen LogP contribution in [0.1, 0.15) is 378 Å². The standard InChI is InChI=1S/C20H34N2.C20H31NO.C19H30ClN3O.2C19H29N3O.C17H28N2.C16H27N/c1-16(2)14-22-12-10-20(11-13-22)21(5)15-18-6-8-19(9-7-18)17(3)4;1-15(2)14-21-10-8-17(9-11-21)12-20(22)19-7-5-6-18(13-19)16(3)4;1-13(2)12-23-9-7-15(8-10-23)21-19(24)22-16-5-6-18(20)17(11-16)14(3)4;1-13(2)12-21-9-7-16(8-10-21)22-18-6-5-15(14(3)4)11-17(18)20-19(22)23;1-13(2)12-21-9-7-16(8-10-21)22-18-11-15(14(3)4)5-6-17(18)20-19(22)23;1-14(2)13-18-9-11-19(12-10-18)17-7-5-16(6-8-17)15(3)4;1-13(2)12-17(5)11-10-15-6-8-16(9-7-15)14(3)4/h6-9,16-17,20H,10-15H2,1-5H3;5-7,13,15-17H,8-12,14H2,1-4H3;5-6,11,13-15H,7-10,12H2,1-4H3,(H2,21,22,24);2*5-6,11,13-14,16H,7-10,12H2,1-4H3,(H,20,23);5-8,14-15H,9-13H2,1-4H3;6-9,13-14H,10-12H2,1-5H3. The van der Waals surface area contributed by atoms with Crippen molar-refractivity contribution in [3.05, 3.63) is 233 Å². The van der Waals surface area contributed by atoms with E-state index < -0.39 is 0 Å². The van der Waals surface area contributed by atoms with Crippen molar-refractivity contribution < 1.29 is 9.59 Å². The Morgan fingerprint density at radius 3 is 1.21 bits per heavy atom. The zero-order valence-electron chi connectivity index (χ0n) is 99.6. The zero-order chi connectivity index (χ0) is 110. The Morgan fingerprint density at radius 1 is 0.373 bits per heavy atom. The van der Waals surface area contributed by atoms with Crippen LogP contribution in [-0.2, 0) is 13.0 Å². The number of aromatic amines is 2. The summed E-state index contributed by atoms with van der Waals surface area (Å²) in [5.41, 5.74) is 19.3. The number of rotatable bonds is 35. The second-order valence-corrected chi connectivity index (χ2v) is 50.7. The number of carbonyl (C=O) groups is 2. The summed E-state index contributed by atoms with van der Waals surface area (Å²) in [4.78, 5) is 78.6. The highest BCUT2D eigenvalue weighted by Gasteiger charge is 2.31. The number of H-pyrrole nitrogens is 2. The average Bonchev–Trinajstić information content (AvgIpc) is 1.63. The molecule has 4 N–H and O–H groups in total. The third-order valence-corrected chi connectivity index (χ3v) is 31.3. The Hall–Kier alpha value is -8.21. The molecule has 0 saturated carbocycles. The molecule has 6 aliphatic heterocycles. The second-order valence-electron chi connectivity index (χ2n) is 50.3. The van der Waals surface area contributed by atoms with Gasteiger partial charge in [-0.1, -0.05) is 296 Å². The number of imidazole rings is 2. The lowest BCUT2D eigenvalue weighted by molar-refractivity contribution is 0.0922. The van der Waals surface area contributed by atoms with Crippen molar-refractivity contribution in [1.29, 1.82) is 0 Å². The van der Waals surface area contributed by atoms with E-state index in [0.717, 1.165) is 223 Å². The van der Waals surface area contributed by atoms with Crippen molar-refractivity contribution in [2.75, 3.05) is 168 Å². The fourth-order valence-corrected chi connectivity index (χ4v) is 22.7. The number of amides is 2. The minimum absolute atomic E-state index is 0.0446. The van der Waals surface area contributed by atoms with Crippen molar-refractivity contribution in [1.82, 2.24) is 63.6 Å². The van der Waals surface area contributed by atoms with Gasteiger partial charge in [-0.15, -0.1) is 0 Å². The van der Waals surface area contributed by atoms with E-state index in [0.29, 0.717) is 83.0 Å². The van der Waals surface area contributed by atoms with Crippen molar-refractivity contribution in [2.45, 2.75) is 343 Å². The van der Waals surface area contributed by atoms with Crippen LogP contribution in [0, 0.1) is 47.3 Å². The zero-order valence-corrected chi connectivity index (χ0v) is 100. The molecule has 6 fully saturated rings. The number of likely N-dealkylation sites (N-methyl/N-ethyl adjacent to an activating group) is 1. The fourth-order valence-electron chi connectivity index (χ4n) is 22.4. The summed E-state index contributed by atoms with van der Waals surface area (Å²) in [7, 11) is 4.50. The van der Waals surface area contributed by atoms with E-state index in [1.807, 2.05) is 39.5 Å². The molecule has 150 heavy (non-hydrogen) atoms. The number of anilines is 2. The Kier molecular flexibility index (Phi) is 52.7. The first-order valence-corrected chi connectivity index (χ1v) is 59.3. The van der Waals surface area contributed by atoms with E-state index in [1.54, 1.807) is 0 Å². The van der Waals surface area contributed by atoms with E-state index in [1.165, 1.54) is 128 Å². The molecule has 19 nitrogen and oxygen atoms in total. The Labute approximate surface area is 916 Å². The smallest absolute Gasteiger partial charge is 0.326 e. The minimum atomic E-state index is -0.130. The highest BCUT2D eigenvalue weighted by Crippen LogP contribution is 2.34. The van der Waals surface area contributed by atoms with Gasteiger partial charge in [-0.05, 0) is 310 Å². The number of piperazine rings is 1. The minimum Gasteiger partial charge on any atom is -0.369 e. The van der Waals surface area contributed by atoms with Gasteiger partial charge in [0.05, 0.1) is 22.1 Å². The highest BCUT2D eigenvalue weighted by molar-refractivity contribution is 6.31. The average molecular weight is 2080 g/mol.